The van der Waals surface area contributed by atoms with Gasteiger partial charge in [0.25, 0.3) is 0 Å². The van der Waals surface area contributed by atoms with Crippen LogP contribution in [0.3, 0.4) is 0 Å². The predicted molar refractivity (Wildman–Crippen MR) is 78.6 cm³/mol. The molecule has 5 nitrogen and oxygen atoms in total. The fourth-order valence-corrected chi connectivity index (χ4v) is 2.46. The monoisotopic (exact) mass is 303 g/mol. The second kappa shape index (κ2) is 5.57. The molecule has 0 saturated carbocycles. The lowest BCUT2D eigenvalue weighted by Crippen LogP contribution is -2.07. The van der Waals surface area contributed by atoms with Gasteiger partial charge in [-0.1, -0.05) is 6.07 Å². The van der Waals surface area contributed by atoms with Gasteiger partial charge in [0, 0.05) is 6.07 Å². The van der Waals surface area contributed by atoms with Crippen molar-refractivity contribution in [3.8, 4) is 16.5 Å². The van der Waals surface area contributed by atoms with Crippen LogP contribution in [0.5, 0.6) is 5.75 Å². The maximum atomic E-state index is 11.7. The number of hydrogen-bond donors (Lipinski definition) is 0. The maximum Gasteiger partial charge on any atom is 0.236 e. The predicted octanol–water partition coefficient (Wildman–Crippen LogP) is 3.55. The first-order valence-electron chi connectivity index (χ1n) is 6.36. The van der Waals surface area contributed by atoms with Crippen LogP contribution in [0.1, 0.15) is 17.2 Å². The molecule has 0 unspecified atom stereocenters. The fourth-order valence-electron chi connectivity index (χ4n) is 1.81. The molecular weight excluding hydrogens is 290 g/mol. The van der Waals surface area contributed by atoms with Crippen LogP contribution in [-0.4, -0.2) is 4.98 Å². The lowest BCUT2D eigenvalue weighted by Gasteiger charge is -2.02. The van der Waals surface area contributed by atoms with E-state index in [1.54, 1.807) is 18.3 Å². The number of rotatable bonds is 4. The Balaban J connectivity index is 1.78. The van der Waals surface area contributed by atoms with E-state index < -0.39 is 0 Å². The van der Waals surface area contributed by atoms with Crippen LogP contribution in [0.2, 0.25) is 0 Å². The molecule has 0 spiro atoms. The average Bonchev–Trinajstić information content (AvgIpc) is 3.07. The average molecular weight is 303 g/mol. The lowest BCUT2D eigenvalue weighted by atomic mass is 10.3. The molecule has 0 aliphatic heterocycles. The van der Waals surface area contributed by atoms with E-state index in [1.807, 2.05) is 24.4 Å². The highest BCUT2D eigenvalue weighted by molar-refractivity contribution is 7.13. The molecule has 0 fully saturated rings. The van der Waals surface area contributed by atoms with Gasteiger partial charge < -0.3 is 13.6 Å². The molecule has 0 aromatic carbocycles. The SMILES string of the molecule is Cc1cc(=O)c(OCc2nc(-c3cccs3)oc2C)co1. The van der Waals surface area contributed by atoms with Crippen molar-refractivity contribution in [2.24, 2.45) is 0 Å². The highest BCUT2D eigenvalue weighted by Gasteiger charge is 2.13. The maximum absolute atomic E-state index is 11.7. The fraction of sp³-hybridized carbons (Fsp3) is 0.200. The van der Waals surface area contributed by atoms with Crippen LogP contribution in [0, 0.1) is 13.8 Å². The number of hydrogen-bond acceptors (Lipinski definition) is 6. The van der Waals surface area contributed by atoms with Gasteiger partial charge in [0.1, 0.15) is 30.1 Å². The Morgan fingerprint density at radius 1 is 1.38 bits per heavy atom. The van der Waals surface area contributed by atoms with Gasteiger partial charge in [0.15, 0.2) is 0 Å². The van der Waals surface area contributed by atoms with Crippen molar-refractivity contribution in [3.05, 3.63) is 57.3 Å². The molecule has 0 aliphatic carbocycles. The molecule has 0 atom stereocenters. The molecule has 0 aliphatic rings. The van der Waals surface area contributed by atoms with Crippen molar-refractivity contribution in [1.82, 2.24) is 4.98 Å². The van der Waals surface area contributed by atoms with Crippen LogP contribution < -0.4 is 10.2 Å². The normalized spacial score (nSPS) is 10.8. The molecule has 3 aromatic heterocycles. The Hall–Kier alpha value is -2.34. The first kappa shape index (κ1) is 13.6. The van der Waals surface area contributed by atoms with Gasteiger partial charge in [0.2, 0.25) is 17.1 Å². The Kier molecular flexibility index (Phi) is 3.62. The first-order chi connectivity index (χ1) is 10.1. The molecule has 0 N–H and O–H groups in total. The smallest absolute Gasteiger partial charge is 0.236 e. The summed E-state index contributed by atoms with van der Waals surface area (Å²) >= 11 is 1.55. The number of oxazole rings is 1. The van der Waals surface area contributed by atoms with Crippen molar-refractivity contribution in [1.29, 1.82) is 0 Å². The second-order valence-corrected chi connectivity index (χ2v) is 5.45. The summed E-state index contributed by atoms with van der Waals surface area (Å²) in [7, 11) is 0. The molecule has 6 heteroatoms. The van der Waals surface area contributed by atoms with E-state index in [0.717, 1.165) is 4.88 Å². The molecule has 0 radical (unpaired) electrons. The summed E-state index contributed by atoms with van der Waals surface area (Å²) in [5.74, 6) is 1.96. The topological polar surface area (TPSA) is 65.5 Å². The third-order valence-corrected chi connectivity index (χ3v) is 3.78. The van der Waals surface area contributed by atoms with Crippen molar-refractivity contribution >= 4 is 11.3 Å². The molecular formula is C15H13NO4S. The van der Waals surface area contributed by atoms with Crippen LogP contribution >= 0.6 is 11.3 Å². The third kappa shape index (κ3) is 2.90. The van der Waals surface area contributed by atoms with E-state index in [-0.39, 0.29) is 17.8 Å². The van der Waals surface area contributed by atoms with Crippen LogP contribution in [0.25, 0.3) is 10.8 Å². The van der Waals surface area contributed by atoms with Crippen molar-refractivity contribution in [3.63, 3.8) is 0 Å². The van der Waals surface area contributed by atoms with E-state index in [4.69, 9.17) is 13.6 Å². The van der Waals surface area contributed by atoms with E-state index in [0.29, 0.717) is 23.1 Å². The first-order valence-corrected chi connectivity index (χ1v) is 7.24. The van der Waals surface area contributed by atoms with Gasteiger partial charge in [-0.25, -0.2) is 4.98 Å². The number of aryl methyl sites for hydroxylation is 2. The highest BCUT2D eigenvalue weighted by atomic mass is 32.1. The minimum absolute atomic E-state index is 0.161. The summed E-state index contributed by atoms with van der Waals surface area (Å²) in [6, 6.07) is 5.27. The van der Waals surface area contributed by atoms with Crippen LogP contribution in [0.4, 0.5) is 0 Å². The zero-order valence-corrected chi connectivity index (χ0v) is 12.4. The van der Waals surface area contributed by atoms with E-state index in [9.17, 15) is 4.79 Å². The Morgan fingerprint density at radius 2 is 2.24 bits per heavy atom. The number of ether oxygens (including phenoxy) is 1. The Bertz CT molecular complexity index is 801. The third-order valence-electron chi connectivity index (χ3n) is 2.92. The zero-order valence-electron chi connectivity index (χ0n) is 11.6. The molecule has 3 heterocycles. The molecule has 0 saturated heterocycles. The van der Waals surface area contributed by atoms with Gasteiger partial charge in [-0.15, -0.1) is 11.3 Å². The molecule has 0 amide bonds. The van der Waals surface area contributed by atoms with E-state index in [1.165, 1.54) is 12.3 Å². The van der Waals surface area contributed by atoms with Gasteiger partial charge in [-0.2, -0.15) is 0 Å². The van der Waals surface area contributed by atoms with Crippen LogP contribution in [0.15, 0.2) is 43.5 Å². The summed E-state index contributed by atoms with van der Waals surface area (Å²) in [5.41, 5.74) is 0.455. The summed E-state index contributed by atoms with van der Waals surface area (Å²) in [4.78, 5) is 17.1. The van der Waals surface area contributed by atoms with Crippen molar-refractivity contribution < 1.29 is 13.6 Å². The molecule has 0 bridgehead atoms. The van der Waals surface area contributed by atoms with Crippen LogP contribution in [-0.2, 0) is 6.61 Å². The highest BCUT2D eigenvalue weighted by Crippen LogP contribution is 2.26. The lowest BCUT2D eigenvalue weighted by molar-refractivity contribution is 0.284. The summed E-state index contributed by atoms with van der Waals surface area (Å²) in [6.07, 6.45) is 1.31. The van der Waals surface area contributed by atoms with Gasteiger partial charge in [-0.3, -0.25) is 4.79 Å². The summed E-state index contributed by atoms with van der Waals surface area (Å²) in [6.45, 7) is 3.69. The summed E-state index contributed by atoms with van der Waals surface area (Å²) < 4.78 is 16.2. The largest absolute Gasteiger partial charge is 0.480 e. The minimum atomic E-state index is -0.210. The van der Waals surface area contributed by atoms with E-state index >= 15 is 0 Å². The molecule has 3 rings (SSSR count). The minimum Gasteiger partial charge on any atom is -0.480 e. The summed E-state index contributed by atoms with van der Waals surface area (Å²) in [5, 5.41) is 1.96. The quantitative estimate of drug-likeness (QED) is 0.737. The van der Waals surface area contributed by atoms with Gasteiger partial charge >= 0.3 is 0 Å². The molecule has 21 heavy (non-hydrogen) atoms. The standard InChI is InChI=1S/C15H13NO4S/c1-9-6-12(17)13(8-18-9)19-7-11-10(2)20-15(16-11)14-4-3-5-21-14/h3-6,8H,7H2,1-2H3. The van der Waals surface area contributed by atoms with Gasteiger partial charge in [0.05, 0.1) is 4.88 Å². The van der Waals surface area contributed by atoms with Crippen molar-refractivity contribution in [2.45, 2.75) is 20.5 Å². The Labute approximate surface area is 124 Å². The number of aromatic nitrogens is 1. The van der Waals surface area contributed by atoms with E-state index in [2.05, 4.69) is 4.98 Å². The second-order valence-electron chi connectivity index (χ2n) is 4.51. The number of thiophene rings is 1. The molecule has 3 aromatic rings. The Morgan fingerprint density at radius 3 is 2.95 bits per heavy atom. The van der Waals surface area contributed by atoms with Crippen molar-refractivity contribution in [2.75, 3.05) is 0 Å². The zero-order chi connectivity index (χ0) is 14.8. The molecule has 108 valence electrons. The van der Waals surface area contributed by atoms with Gasteiger partial charge in [-0.05, 0) is 25.3 Å². The number of nitrogens with zero attached hydrogens (tertiary/aromatic N) is 1.